The van der Waals surface area contributed by atoms with E-state index in [0.717, 1.165) is 5.56 Å². The fraction of sp³-hybridized carbons (Fsp3) is 0.333. The van der Waals surface area contributed by atoms with Crippen LogP contribution in [0.3, 0.4) is 0 Å². The van der Waals surface area contributed by atoms with E-state index < -0.39 is 0 Å². The van der Waals surface area contributed by atoms with Gasteiger partial charge < -0.3 is 15.1 Å². The molecule has 0 radical (unpaired) electrons. The van der Waals surface area contributed by atoms with Crippen LogP contribution in [0.1, 0.15) is 10.4 Å². The molecule has 0 unspecified atom stereocenters. The highest BCUT2D eigenvalue weighted by Crippen LogP contribution is 2.15. The fourth-order valence-electron chi connectivity index (χ4n) is 1.78. The molecule has 8 heteroatoms. The average molecular weight is 277 g/mol. The van der Waals surface area contributed by atoms with Gasteiger partial charge in [-0.2, -0.15) is 5.21 Å². The van der Waals surface area contributed by atoms with Crippen molar-refractivity contribution in [2.75, 3.05) is 26.3 Å². The van der Waals surface area contributed by atoms with Gasteiger partial charge >= 0.3 is 0 Å². The zero-order chi connectivity index (χ0) is 14.4. The Labute approximate surface area is 115 Å². The number of nitrogens with one attached hydrogen (secondary N) is 1. The number of aromatic nitrogens is 4. The molecule has 0 atom stereocenters. The highest BCUT2D eigenvalue weighted by molar-refractivity contribution is 5.94. The first-order valence-electron chi connectivity index (χ1n) is 6.11. The van der Waals surface area contributed by atoms with E-state index in [2.05, 4.69) is 20.6 Å². The molecule has 106 valence electrons. The summed E-state index contributed by atoms with van der Waals surface area (Å²) in [6.45, 7) is 0.0807. The van der Waals surface area contributed by atoms with Crippen LogP contribution in [0.4, 0.5) is 0 Å². The Hall–Kier alpha value is -2.32. The van der Waals surface area contributed by atoms with Crippen LogP contribution in [0.2, 0.25) is 0 Å². The molecule has 0 aliphatic carbocycles. The van der Waals surface area contributed by atoms with E-state index in [4.69, 9.17) is 10.2 Å². The van der Waals surface area contributed by atoms with Crippen molar-refractivity contribution >= 4 is 5.91 Å². The van der Waals surface area contributed by atoms with E-state index >= 15 is 0 Å². The first-order valence-corrected chi connectivity index (χ1v) is 6.11. The number of carbonyl (C=O) groups excluding carboxylic acids is 1. The van der Waals surface area contributed by atoms with Crippen LogP contribution < -0.4 is 0 Å². The number of hydrogen-bond acceptors (Lipinski definition) is 6. The second kappa shape index (κ2) is 6.73. The molecule has 0 aliphatic heterocycles. The third-order valence-electron chi connectivity index (χ3n) is 2.76. The van der Waals surface area contributed by atoms with Crippen molar-refractivity contribution in [3.63, 3.8) is 0 Å². The SMILES string of the molecule is O=C(c1ccc(-c2nn[nH]n2)cc1)N(CCO)CCO. The maximum Gasteiger partial charge on any atom is 0.254 e. The molecule has 0 spiro atoms. The summed E-state index contributed by atoms with van der Waals surface area (Å²) in [4.78, 5) is 13.6. The first-order chi connectivity index (χ1) is 9.76. The summed E-state index contributed by atoms with van der Waals surface area (Å²) in [6.07, 6.45) is 0. The number of nitrogens with zero attached hydrogens (tertiary/aromatic N) is 4. The molecule has 2 aromatic rings. The first kappa shape index (κ1) is 14.1. The number of aromatic amines is 1. The lowest BCUT2D eigenvalue weighted by atomic mass is 10.1. The smallest absolute Gasteiger partial charge is 0.254 e. The van der Waals surface area contributed by atoms with Gasteiger partial charge in [0.2, 0.25) is 5.82 Å². The number of rotatable bonds is 6. The van der Waals surface area contributed by atoms with Crippen LogP contribution in [-0.4, -0.2) is 67.9 Å². The molecule has 1 aromatic heterocycles. The highest BCUT2D eigenvalue weighted by atomic mass is 16.3. The normalized spacial score (nSPS) is 10.5. The Kier molecular flexibility index (Phi) is 4.75. The van der Waals surface area contributed by atoms with Crippen LogP contribution in [-0.2, 0) is 0 Å². The fourth-order valence-corrected chi connectivity index (χ4v) is 1.78. The van der Waals surface area contributed by atoms with Crippen LogP contribution in [0, 0.1) is 0 Å². The van der Waals surface area contributed by atoms with Crippen LogP contribution in [0.15, 0.2) is 24.3 Å². The highest BCUT2D eigenvalue weighted by Gasteiger charge is 2.15. The Morgan fingerprint density at radius 2 is 1.80 bits per heavy atom. The van der Waals surface area contributed by atoms with Gasteiger partial charge in [-0.1, -0.05) is 12.1 Å². The van der Waals surface area contributed by atoms with Crippen molar-refractivity contribution < 1.29 is 15.0 Å². The molecular formula is C12H15N5O3. The Morgan fingerprint density at radius 1 is 1.15 bits per heavy atom. The van der Waals surface area contributed by atoms with Gasteiger partial charge in [0.1, 0.15) is 0 Å². The molecular weight excluding hydrogens is 262 g/mol. The van der Waals surface area contributed by atoms with E-state index in [1.54, 1.807) is 24.3 Å². The summed E-state index contributed by atoms with van der Waals surface area (Å²) in [7, 11) is 0. The zero-order valence-corrected chi connectivity index (χ0v) is 10.7. The Balaban J connectivity index is 2.14. The summed E-state index contributed by atoms with van der Waals surface area (Å²) in [6, 6.07) is 6.73. The summed E-state index contributed by atoms with van der Waals surface area (Å²) in [5.74, 6) is 0.208. The standard InChI is InChI=1S/C12H15N5O3/c18-7-5-17(6-8-19)12(20)10-3-1-9(2-4-10)11-13-15-16-14-11/h1-4,18-19H,5-8H2,(H,13,14,15,16). The summed E-state index contributed by atoms with van der Waals surface area (Å²) >= 11 is 0. The van der Waals surface area contributed by atoms with Crippen LogP contribution in [0.5, 0.6) is 0 Å². The van der Waals surface area contributed by atoms with Gasteiger partial charge in [-0.05, 0) is 17.3 Å². The number of aliphatic hydroxyl groups is 2. The van der Waals surface area contributed by atoms with Gasteiger partial charge in [0.05, 0.1) is 13.2 Å². The van der Waals surface area contributed by atoms with Crippen LogP contribution in [0.25, 0.3) is 11.4 Å². The van der Waals surface area contributed by atoms with E-state index in [9.17, 15) is 4.79 Å². The minimum atomic E-state index is -0.243. The Bertz CT molecular complexity index is 535. The topological polar surface area (TPSA) is 115 Å². The third kappa shape index (κ3) is 3.16. The monoisotopic (exact) mass is 277 g/mol. The van der Waals surface area contributed by atoms with Crippen molar-refractivity contribution in [3.8, 4) is 11.4 Å². The van der Waals surface area contributed by atoms with Crippen molar-refractivity contribution in [3.05, 3.63) is 29.8 Å². The largest absolute Gasteiger partial charge is 0.395 e. The molecule has 1 aromatic carbocycles. The van der Waals surface area contributed by atoms with E-state index in [1.807, 2.05) is 0 Å². The Morgan fingerprint density at radius 3 is 2.30 bits per heavy atom. The third-order valence-corrected chi connectivity index (χ3v) is 2.76. The number of carbonyl (C=O) groups is 1. The second-order valence-corrected chi connectivity index (χ2v) is 4.05. The van der Waals surface area contributed by atoms with E-state index in [0.29, 0.717) is 11.4 Å². The quantitative estimate of drug-likeness (QED) is 0.642. The molecule has 1 amide bonds. The van der Waals surface area contributed by atoms with E-state index in [-0.39, 0.29) is 32.2 Å². The number of amides is 1. The molecule has 3 N–H and O–H groups in total. The number of benzene rings is 1. The molecule has 0 saturated carbocycles. The predicted octanol–water partition coefficient (Wildman–Crippen LogP) is -0.707. The number of tetrazole rings is 1. The maximum atomic E-state index is 12.2. The van der Waals surface area contributed by atoms with Crippen molar-refractivity contribution in [1.29, 1.82) is 0 Å². The van der Waals surface area contributed by atoms with Gasteiger partial charge in [0.15, 0.2) is 0 Å². The van der Waals surface area contributed by atoms with E-state index in [1.165, 1.54) is 4.90 Å². The maximum absolute atomic E-state index is 12.2. The summed E-state index contributed by atoms with van der Waals surface area (Å²) in [5.41, 5.74) is 1.21. The van der Waals surface area contributed by atoms with Gasteiger partial charge in [-0.3, -0.25) is 4.79 Å². The lowest BCUT2D eigenvalue weighted by molar-refractivity contribution is 0.0685. The lowest BCUT2D eigenvalue weighted by Crippen LogP contribution is -2.35. The number of aliphatic hydroxyl groups excluding tert-OH is 2. The van der Waals surface area contributed by atoms with Gasteiger partial charge in [0.25, 0.3) is 5.91 Å². The minimum Gasteiger partial charge on any atom is -0.395 e. The molecule has 0 aliphatic rings. The summed E-state index contributed by atoms with van der Waals surface area (Å²) in [5, 5.41) is 31.4. The van der Waals surface area contributed by atoms with Crippen molar-refractivity contribution in [1.82, 2.24) is 25.5 Å². The molecule has 2 rings (SSSR count). The second-order valence-electron chi connectivity index (χ2n) is 4.05. The van der Waals surface area contributed by atoms with Crippen molar-refractivity contribution in [2.24, 2.45) is 0 Å². The summed E-state index contributed by atoms with van der Waals surface area (Å²) < 4.78 is 0. The molecule has 0 bridgehead atoms. The molecule has 20 heavy (non-hydrogen) atoms. The van der Waals surface area contributed by atoms with Gasteiger partial charge in [0, 0.05) is 24.2 Å². The number of hydrogen-bond donors (Lipinski definition) is 3. The average Bonchev–Trinajstić information content (AvgIpc) is 3.01. The lowest BCUT2D eigenvalue weighted by Gasteiger charge is -2.20. The molecule has 8 nitrogen and oxygen atoms in total. The minimum absolute atomic E-state index is 0.146. The van der Waals surface area contributed by atoms with Crippen molar-refractivity contribution in [2.45, 2.75) is 0 Å². The van der Waals surface area contributed by atoms with Gasteiger partial charge in [-0.25, -0.2) is 0 Å². The molecule has 1 heterocycles. The number of H-pyrrole nitrogens is 1. The molecule has 0 saturated heterocycles. The molecule has 0 fully saturated rings. The zero-order valence-electron chi connectivity index (χ0n) is 10.7. The van der Waals surface area contributed by atoms with Crippen LogP contribution >= 0.6 is 0 Å². The predicted molar refractivity (Wildman–Crippen MR) is 69.7 cm³/mol. The van der Waals surface area contributed by atoms with Gasteiger partial charge in [-0.15, -0.1) is 10.2 Å².